The molecule has 4 aliphatic rings. The molecule has 0 radical (unpaired) electrons. The first-order valence-electron chi connectivity index (χ1n) is 9.99. The summed E-state index contributed by atoms with van der Waals surface area (Å²) in [6.07, 6.45) is 5.91. The maximum absolute atomic E-state index is 13.3. The molecular weight excluding hydrogens is 340 g/mol. The number of likely N-dealkylation sites (tertiary alicyclic amines) is 2. The summed E-state index contributed by atoms with van der Waals surface area (Å²) in [5, 5.41) is 0. The van der Waals surface area contributed by atoms with E-state index < -0.39 is 5.60 Å². The highest BCUT2D eigenvalue weighted by atomic mass is 16.5. The number of amides is 2. The third-order valence-corrected chi connectivity index (χ3v) is 6.83. The summed E-state index contributed by atoms with van der Waals surface area (Å²) in [7, 11) is 0. The third kappa shape index (κ3) is 2.48. The number of fused-ring (bicyclic) bond motifs is 1. The van der Waals surface area contributed by atoms with E-state index >= 15 is 0 Å². The number of aryl methyl sites for hydroxylation is 2. The molecule has 4 atom stereocenters. The van der Waals surface area contributed by atoms with Gasteiger partial charge in [0.15, 0.2) is 0 Å². The molecule has 4 aliphatic heterocycles. The lowest BCUT2D eigenvalue weighted by molar-refractivity contribution is -0.142. The molecule has 1 spiro atoms. The lowest BCUT2D eigenvalue weighted by Crippen LogP contribution is -2.45. The second kappa shape index (κ2) is 5.93. The van der Waals surface area contributed by atoms with E-state index in [0.29, 0.717) is 13.1 Å². The Morgan fingerprint density at radius 2 is 2.00 bits per heavy atom. The first kappa shape index (κ1) is 17.0. The van der Waals surface area contributed by atoms with Gasteiger partial charge in [0.1, 0.15) is 5.60 Å². The van der Waals surface area contributed by atoms with Gasteiger partial charge in [-0.05, 0) is 43.4 Å². The first-order valence-corrected chi connectivity index (χ1v) is 9.99. The molecule has 4 heterocycles. The molecule has 0 aromatic heterocycles. The fraction of sp³-hybridized carbons (Fsp3) is 0.545. The van der Waals surface area contributed by atoms with Gasteiger partial charge in [0, 0.05) is 19.6 Å². The van der Waals surface area contributed by atoms with Gasteiger partial charge in [-0.15, -0.1) is 0 Å². The monoisotopic (exact) mass is 366 g/mol. The number of ether oxygens (including phenoxy) is 1. The maximum Gasteiger partial charge on any atom is 0.230 e. The zero-order chi connectivity index (χ0) is 18.8. The summed E-state index contributed by atoms with van der Waals surface area (Å²) >= 11 is 0. The van der Waals surface area contributed by atoms with Crippen molar-refractivity contribution in [1.29, 1.82) is 0 Å². The molecule has 142 valence electrons. The smallest absolute Gasteiger partial charge is 0.230 e. The molecule has 5 nitrogen and oxygen atoms in total. The summed E-state index contributed by atoms with van der Waals surface area (Å²) in [4.78, 5) is 30.2. The van der Waals surface area contributed by atoms with Crippen LogP contribution in [0.4, 0.5) is 0 Å². The number of nitrogens with zero attached hydrogens (tertiary/aromatic N) is 2. The molecule has 0 N–H and O–H groups in total. The van der Waals surface area contributed by atoms with Crippen LogP contribution in [0.1, 0.15) is 29.5 Å². The van der Waals surface area contributed by atoms with Crippen molar-refractivity contribution >= 4 is 11.8 Å². The minimum Gasteiger partial charge on any atom is -0.360 e. The van der Waals surface area contributed by atoms with Gasteiger partial charge in [-0.25, -0.2) is 0 Å². The predicted molar refractivity (Wildman–Crippen MR) is 101 cm³/mol. The number of hydrogen-bond donors (Lipinski definition) is 0. The van der Waals surface area contributed by atoms with Gasteiger partial charge in [-0.3, -0.25) is 9.59 Å². The highest BCUT2D eigenvalue weighted by Crippen LogP contribution is 2.52. The van der Waals surface area contributed by atoms with Crippen molar-refractivity contribution in [2.75, 3.05) is 19.6 Å². The molecule has 27 heavy (non-hydrogen) atoms. The fourth-order valence-electron chi connectivity index (χ4n) is 5.26. The van der Waals surface area contributed by atoms with Crippen LogP contribution in [0.5, 0.6) is 0 Å². The molecule has 0 aliphatic carbocycles. The molecule has 2 amide bonds. The van der Waals surface area contributed by atoms with Gasteiger partial charge < -0.3 is 14.5 Å². The van der Waals surface area contributed by atoms with E-state index in [9.17, 15) is 9.59 Å². The molecular formula is C22H26N2O3. The average molecular weight is 366 g/mol. The van der Waals surface area contributed by atoms with Crippen molar-refractivity contribution in [3.05, 3.63) is 47.0 Å². The van der Waals surface area contributed by atoms with E-state index in [1.807, 2.05) is 22.0 Å². The number of hydrogen-bond acceptors (Lipinski definition) is 3. The van der Waals surface area contributed by atoms with Gasteiger partial charge in [0.05, 0.1) is 24.5 Å². The Morgan fingerprint density at radius 3 is 2.74 bits per heavy atom. The minimum absolute atomic E-state index is 0.0672. The highest BCUT2D eigenvalue weighted by molar-refractivity contribution is 5.93. The molecule has 1 aromatic rings. The van der Waals surface area contributed by atoms with Crippen LogP contribution in [-0.2, 0) is 20.9 Å². The Kier molecular flexibility index (Phi) is 3.73. The van der Waals surface area contributed by atoms with E-state index in [-0.39, 0.29) is 29.8 Å². The number of carbonyl (C=O) groups excluding carboxylic acids is 2. The van der Waals surface area contributed by atoms with Crippen LogP contribution >= 0.6 is 0 Å². The van der Waals surface area contributed by atoms with Gasteiger partial charge in [0.25, 0.3) is 0 Å². The van der Waals surface area contributed by atoms with Crippen molar-refractivity contribution in [2.45, 2.75) is 44.9 Å². The van der Waals surface area contributed by atoms with E-state index in [2.05, 4.69) is 32.0 Å². The Bertz CT molecular complexity index is 842. The van der Waals surface area contributed by atoms with Crippen molar-refractivity contribution < 1.29 is 14.3 Å². The van der Waals surface area contributed by atoms with Crippen LogP contribution in [0.2, 0.25) is 0 Å². The standard InChI is InChI=1S/C22H26N2O3/c1-14-5-6-16(11-15(14)2)12-24-13-22-8-7-17(27-22)18(19(22)21(24)26)20(25)23-9-3-4-10-23/h5-8,11,17-19H,3-4,9-10,12-13H2,1-2H3/t17-,18-,19-,22-/m0/s1. The van der Waals surface area contributed by atoms with Gasteiger partial charge in [-0.2, -0.15) is 0 Å². The average Bonchev–Trinajstić information content (AvgIpc) is 3.40. The fourth-order valence-corrected chi connectivity index (χ4v) is 5.26. The molecule has 0 unspecified atom stereocenters. The molecule has 5 heteroatoms. The molecule has 2 bridgehead atoms. The van der Waals surface area contributed by atoms with Crippen molar-refractivity contribution in [3.8, 4) is 0 Å². The topological polar surface area (TPSA) is 49.9 Å². The lowest BCUT2D eigenvalue weighted by atomic mass is 9.76. The van der Waals surface area contributed by atoms with Crippen LogP contribution in [0.25, 0.3) is 0 Å². The second-order valence-corrected chi connectivity index (χ2v) is 8.55. The summed E-state index contributed by atoms with van der Waals surface area (Å²) in [6.45, 7) is 6.93. The molecule has 5 rings (SSSR count). The van der Waals surface area contributed by atoms with Crippen molar-refractivity contribution in [3.63, 3.8) is 0 Å². The van der Waals surface area contributed by atoms with Crippen molar-refractivity contribution in [2.24, 2.45) is 11.8 Å². The van der Waals surface area contributed by atoms with Crippen LogP contribution in [0.15, 0.2) is 30.4 Å². The van der Waals surface area contributed by atoms with E-state index in [1.54, 1.807) is 0 Å². The first-order chi connectivity index (χ1) is 13.0. The largest absolute Gasteiger partial charge is 0.360 e. The van der Waals surface area contributed by atoms with Crippen LogP contribution in [0, 0.1) is 25.7 Å². The number of benzene rings is 1. The maximum atomic E-state index is 13.3. The Balaban J connectivity index is 1.40. The van der Waals surface area contributed by atoms with Crippen LogP contribution in [-0.4, -0.2) is 53.0 Å². The Labute approximate surface area is 160 Å². The third-order valence-electron chi connectivity index (χ3n) is 6.83. The highest BCUT2D eigenvalue weighted by Gasteiger charge is 2.67. The van der Waals surface area contributed by atoms with Crippen LogP contribution < -0.4 is 0 Å². The summed E-state index contributed by atoms with van der Waals surface area (Å²) in [5.41, 5.74) is 3.00. The number of rotatable bonds is 3. The molecule has 0 saturated carbocycles. The second-order valence-electron chi connectivity index (χ2n) is 8.55. The zero-order valence-corrected chi connectivity index (χ0v) is 16.0. The summed E-state index contributed by atoms with van der Waals surface area (Å²) < 4.78 is 6.24. The Morgan fingerprint density at radius 1 is 1.22 bits per heavy atom. The van der Waals surface area contributed by atoms with Gasteiger partial charge >= 0.3 is 0 Å². The zero-order valence-electron chi connectivity index (χ0n) is 16.0. The van der Waals surface area contributed by atoms with Crippen LogP contribution in [0.3, 0.4) is 0 Å². The normalized spacial score (nSPS) is 34.0. The minimum atomic E-state index is -0.610. The van der Waals surface area contributed by atoms with Crippen molar-refractivity contribution in [1.82, 2.24) is 9.80 Å². The molecule has 1 aromatic carbocycles. The number of carbonyl (C=O) groups is 2. The molecule has 3 saturated heterocycles. The summed E-state index contributed by atoms with van der Waals surface area (Å²) in [6, 6.07) is 6.34. The summed E-state index contributed by atoms with van der Waals surface area (Å²) in [5.74, 6) is -0.551. The molecule has 3 fully saturated rings. The van der Waals surface area contributed by atoms with Gasteiger partial charge in [-0.1, -0.05) is 30.4 Å². The quantitative estimate of drug-likeness (QED) is 0.771. The van der Waals surface area contributed by atoms with E-state index in [4.69, 9.17) is 4.74 Å². The lowest BCUT2D eigenvalue weighted by Gasteiger charge is -2.27. The predicted octanol–water partition coefficient (Wildman–Crippen LogP) is 2.21. The van der Waals surface area contributed by atoms with Gasteiger partial charge in [0.2, 0.25) is 11.8 Å². The van der Waals surface area contributed by atoms with E-state index in [1.165, 1.54) is 11.1 Å². The SMILES string of the molecule is Cc1ccc(CN2C[C@]34C=C[C@H](O3)[C@H](C(=O)N3CCCC3)[C@H]4C2=O)cc1C. The Hall–Kier alpha value is -2.14. The van der Waals surface area contributed by atoms with E-state index in [0.717, 1.165) is 31.5 Å².